The summed E-state index contributed by atoms with van der Waals surface area (Å²) in [6, 6.07) is 23.5. The number of ether oxygens (including phenoxy) is 2. The van der Waals surface area contributed by atoms with Crippen molar-refractivity contribution in [1.82, 2.24) is 4.90 Å². The number of fused-ring (bicyclic) bond motifs is 8. The van der Waals surface area contributed by atoms with Gasteiger partial charge in [-0.2, -0.15) is 0 Å². The van der Waals surface area contributed by atoms with E-state index in [0.717, 1.165) is 46.4 Å². The van der Waals surface area contributed by atoms with E-state index in [1.54, 1.807) is 4.90 Å². The quantitative estimate of drug-likeness (QED) is 0.203. The van der Waals surface area contributed by atoms with Crippen molar-refractivity contribution in [3.05, 3.63) is 117 Å². The summed E-state index contributed by atoms with van der Waals surface area (Å²) in [6.45, 7) is 10.2. The number of likely N-dealkylation sites (N-methyl/N-ethyl adjacent to an activating group) is 1. The fourth-order valence-corrected chi connectivity index (χ4v) is 6.34. The van der Waals surface area contributed by atoms with E-state index in [4.69, 9.17) is 9.47 Å². The molecule has 8 bridgehead atoms. The van der Waals surface area contributed by atoms with Gasteiger partial charge in [-0.05, 0) is 60.1 Å². The minimum absolute atomic E-state index is 0.0918. The number of hydrogen-bond acceptors (Lipinski definition) is 5. The van der Waals surface area contributed by atoms with Crippen LogP contribution in [0, 0.1) is 0 Å². The molecule has 1 aliphatic rings. The molecule has 0 spiro atoms. The van der Waals surface area contributed by atoms with Crippen molar-refractivity contribution in [3.8, 4) is 23.0 Å². The van der Waals surface area contributed by atoms with Crippen LogP contribution in [-0.4, -0.2) is 47.3 Å². The number of carbonyl (C=O) groups is 1. The molecule has 6 nitrogen and oxygen atoms in total. The van der Waals surface area contributed by atoms with E-state index in [-0.39, 0.29) is 17.4 Å². The lowest BCUT2D eigenvalue weighted by molar-refractivity contribution is -0.131. The SMILES string of the molecule is CCCOc1c2cccc1Cc1cccc(c1O)[C@@H](C(=O)N(CC)CC)c1cccc(c1OCCC)Cc1cccc(c1O)C2. The van der Waals surface area contributed by atoms with Gasteiger partial charge in [0, 0.05) is 43.5 Å². The second kappa shape index (κ2) is 14.6. The third-order valence-electron chi connectivity index (χ3n) is 8.65. The number of phenols is 2. The summed E-state index contributed by atoms with van der Waals surface area (Å²) in [5, 5.41) is 23.6. The molecule has 2 N–H and O–H groups in total. The zero-order chi connectivity index (χ0) is 31.9. The highest BCUT2D eigenvalue weighted by molar-refractivity contribution is 5.89. The normalized spacial score (nSPS) is 14.1. The molecule has 0 fully saturated rings. The van der Waals surface area contributed by atoms with Crippen LogP contribution in [0.2, 0.25) is 0 Å². The van der Waals surface area contributed by atoms with Crippen LogP contribution in [0.3, 0.4) is 0 Å². The van der Waals surface area contributed by atoms with Crippen LogP contribution in [0.4, 0.5) is 0 Å². The van der Waals surface area contributed by atoms with Crippen LogP contribution in [0.15, 0.2) is 72.8 Å². The van der Waals surface area contributed by atoms with Crippen LogP contribution in [0.1, 0.15) is 91.0 Å². The molecule has 45 heavy (non-hydrogen) atoms. The molecule has 1 aliphatic carbocycles. The lowest BCUT2D eigenvalue weighted by Gasteiger charge is -2.29. The number of nitrogens with zero attached hydrogens (tertiary/aromatic N) is 1. The van der Waals surface area contributed by atoms with Crippen molar-refractivity contribution in [2.24, 2.45) is 0 Å². The van der Waals surface area contributed by atoms with E-state index in [1.807, 2.05) is 86.6 Å². The molecule has 0 heterocycles. The molecule has 1 atom stereocenters. The highest BCUT2D eigenvalue weighted by atomic mass is 16.5. The number of phenolic OH excluding ortho intramolecular Hbond substituents is 2. The Labute approximate surface area is 267 Å². The second-order valence-electron chi connectivity index (χ2n) is 11.7. The summed E-state index contributed by atoms with van der Waals surface area (Å²) < 4.78 is 12.8. The van der Waals surface area contributed by atoms with Crippen LogP contribution in [0.5, 0.6) is 23.0 Å². The van der Waals surface area contributed by atoms with Crippen LogP contribution < -0.4 is 9.47 Å². The first-order valence-corrected chi connectivity index (χ1v) is 16.3. The molecule has 0 unspecified atom stereocenters. The third kappa shape index (κ3) is 6.65. The Balaban J connectivity index is 1.81. The number of carbonyl (C=O) groups excluding carboxylic acids is 1. The second-order valence-corrected chi connectivity index (χ2v) is 11.7. The largest absolute Gasteiger partial charge is 0.507 e. The Hall–Kier alpha value is -4.45. The van der Waals surface area contributed by atoms with Crippen molar-refractivity contribution in [2.45, 2.75) is 65.7 Å². The summed E-state index contributed by atoms with van der Waals surface area (Å²) in [5.74, 6) is 0.889. The van der Waals surface area contributed by atoms with Crippen molar-refractivity contribution < 1.29 is 24.5 Å². The molecule has 4 aromatic carbocycles. The van der Waals surface area contributed by atoms with Crippen molar-refractivity contribution in [3.63, 3.8) is 0 Å². The van der Waals surface area contributed by atoms with E-state index in [9.17, 15) is 15.0 Å². The number of rotatable bonds is 9. The summed E-state index contributed by atoms with van der Waals surface area (Å²) >= 11 is 0. The average Bonchev–Trinajstić information content (AvgIpc) is 3.04. The first-order chi connectivity index (χ1) is 21.9. The number of benzene rings is 4. The van der Waals surface area contributed by atoms with Gasteiger partial charge in [-0.25, -0.2) is 0 Å². The monoisotopic (exact) mass is 607 g/mol. The molecular formula is C39H45NO5. The smallest absolute Gasteiger partial charge is 0.234 e. The maximum Gasteiger partial charge on any atom is 0.234 e. The molecule has 6 heteroatoms. The van der Waals surface area contributed by atoms with Crippen molar-refractivity contribution in [1.29, 1.82) is 0 Å². The van der Waals surface area contributed by atoms with Gasteiger partial charge in [-0.3, -0.25) is 4.79 Å². The molecule has 1 amide bonds. The van der Waals surface area contributed by atoms with Crippen LogP contribution in [0.25, 0.3) is 0 Å². The van der Waals surface area contributed by atoms with E-state index >= 15 is 0 Å². The highest BCUT2D eigenvalue weighted by Crippen LogP contribution is 2.43. The average molecular weight is 608 g/mol. The molecule has 0 aliphatic heterocycles. The molecule has 4 aromatic rings. The molecular weight excluding hydrogens is 562 g/mol. The van der Waals surface area contributed by atoms with Gasteiger partial charge in [-0.1, -0.05) is 86.6 Å². The van der Waals surface area contributed by atoms with Gasteiger partial charge in [0.1, 0.15) is 23.0 Å². The lowest BCUT2D eigenvalue weighted by Crippen LogP contribution is -2.35. The number of amides is 1. The fourth-order valence-electron chi connectivity index (χ4n) is 6.34. The summed E-state index contributed by atoms with van der Waals surface area (Å²) in [4.78, 5) is 16.2. The van der Waals surface area contributed by atoms with Gasteiger partial charge in [0.2, 0.25) is 5.91 Å². The fraction of sp³-hybridized carbons (Fsp3) is 0.359. The highest BCUT2D eigenvalue weighted by Gasteiger charge is 2.33. The first-order valence-electron chi connectivity index (χ1n) is 16.3. The van der Waals surface area contributed by atoms with E-state index < -0.39 is 5.92 Å². The Morgan fingerprint density at radius 2 is 1.04 bits per heavy atom. The molecule has 0 radical (unpaired) electrons. The van der Waals surface area contributed by atoms with Crippen molar-refractivity contribution in [2.75, 3.05) is 26.3 Å². The standard InChI is InChI=1S/C39H45NO5/c1-5-21-44-37-29-16-10-17-30(37)25-28-15-11-19-32(36(28)42)34(39(43)40(7-3)8-4)33-20-12-18-31(38(33)45-22-6-2)24-27-14-9-13-26(23-29)35(27)41/h9-20,34,41-42H,5-8,21-25H2,1-4H3/t34-/m1/s1. The Bertz CT molecular complexity index is 1640. The Morgan fingerprint density at radius 3 is 1.56 bits per heavy atom. The third-order valence-corrected chi connectivity index (χ3v) is 8.65. The molecule has 0 aromatic heterocycles. The topological polar surface area (TPSA) is 79.2 Å². The maximum absolute atomic E-state index is 14.4. The summed E-state index contributed by atoms with van der Waals surface area (Å²) in [6.07, 6.45) is 2.99. The van der Waals surface area contributed by atoms with Crippen molar-refractivity contribution >= 4 is 5.91 Å². The van der Waals surface area contributed by atoms with Gasteiger partial charge in [0.15, 0.2) is 0 Å². The van der Waals surface area contributed by atoms with E-state index in [0.29, 0.717) is 68.0 Å². The van der Waals surface area contributed by atoms with Gasteiger partial charge in [0.25, 0.3) is 0 Å². The molecule has 0 saturated heterocycles. The van der Waals surface area contributed by atoms with Gasteiger partial charge < -0.3 is 24.6 Å². The molecule has 236 valence electrons. The number of aromatic hydroxyl groups is 2. The van der Waals surface area contributed by atoms with E-state index in [2.05, 4.69) is 13.8 Å². The predicted molar refractivity (Wildman–Crippen MR) is 179 cm³/mol. The van der Waals surface area contributed by atoms with Gasteiger partial charge in [0.05, 0.1) is 19.1 Å². The predicted octanol–water partition coefficient (Wildman–Crippen LogP) is 7.76. The minimum Gasteiger partial charge on any atom is -0.507 e. The minimum atomic E-state index is -0.786. The Kier molecular flexibility index (Phi) is 10.3. The van der Waals surface area contributed by atoms with Crippen LogP contribution in [-0.2, 0) is 24.1 Å². The van der Waals surface area contributed by atoms with Gasteiger partial charge in [-0.15, -0.1) is 0 Å². The molecule has 5 rings (SSSR count). The first kappa shape index (κ1) is 32.0. The maximum atomic E-state index is 14.4. The van der Waals surface area contributed by atoms with E-state index in [1.165, 1.54) is 0 Å². The zero-order valence-corrected chi connectivity index (χ0v) is 26.9. The summed E-state index contributed by atoms with van der Waals surface area (Å²) in [5.41, 5.74) is 6.35. The van der Waals surface area contributed by atoms with Crippen LogP contribution >= 0.6 is 0 Å². The summed E-state index contributed by atoms with van der Waals surface area (Å²) in [7, 11) is 0. The Morgan fingerprint density at radius 1 is 0.622 bits per heavy atom. The lowest BCUT2D eigenvalue weighted by atomic mass is 9.84. The number of para-hydroxylation sites is 4. The zero-order valence-electron chi connectivity index (χ0n) is 26.9. The molecule has 0 saturated carbocycles. The van der Waals surface area contributed by atoms with Gasteiger partial charge >= 0.3 is 0 Å². The number of hydrogen-bond donors (Lipinski definition) is 2.